The number of allylic oxidation sites excluding steroid dienone is 2. The molecule has 2 heteroatoms. The highest BCUT2D eigenvalue weighted by Crippen LogP contribution is 2.17. The van der Waals surface area contributed by atoms with Crippen LogP contribution in [0.15, 0.2) is 30.4 Å². The van der Waals surface area contributed by atoms with Crippen LogP contribution in [0.25, 0.3) is 0 Å². The van der Waals surface area contributed by atoms with Crippen LogP contribution in [0.3, 0.4) is 0 Å². The third-order valence-electron chi connectivity index (χ3n) is 1.77. The number of carbonyl (C=O) groups excluding carboxylic acids is 1. The van der Waals surface area contributed by atoms with Gasteiger partial charge in [-0.05, 0) is 31.6 Å². The molecule has 1 nitrogen and oxygen atoms in total. The van der Waals surface area contributed by atoms with E-state index < -0.39 is 0 Å². The Morgan fingerprint density at radius 3 is 2.69 bits per heavy atom. The van der Waals surface area contributed by atoms with Gasteiger partial charge in [-0.15, -0.1) is 0 Å². The van der Waals surface area contributed by atoms with Gasteiger partial charge in [0.1, 0.15) is 0 Å². The summed E-state index contributed by atoms with van der Waals surface area (Å²) in [5, 5.41) is 0.635. The van der Waals surface area contributed by atoms with Gasteiger partial charge in [0.05, 0.1) is 0 Å². The van der Waals surface area contributed by atoms with E-state index in [0.29, 0.717) is 10.6 Å². The first kappa shape index (κ1) is 10.0. The van der Waals surface area contributed by atoms with Crippen LogP contribution in [0.2, 0.25) is 5.02 Å². The molecule has 0 saturated heterocycles. The molecule has 0 fully saturated rings. The van der Waals surface area contributed by atoms with Gasteiger partial charge in [-0.1, -0.05) is 29.8 Å². The zero-order chi connectivity index (χ0) is 9.84. The minimum Gasteiger partial charge on any atom is -0.289 e. The second-order valence-corrected chi connectivity index (χ2v) is 3.24. The fraction of sp³-hybridized carbons (Fsp3) is 0.182. The van der Waals surface area contributed by atoms with E-state index in [9.17, 15) is 4.79 Å². The summed E-state index contributed by atoms with van der Waals surface area (Å²) in [5.74, 6) is -0.00981. The maximum Gasteiger partial charge on any atom is 0.185 e. The molecule has 0 bridgehead atoms. The van der Waals surface area contributed by atoms with E-state index in [1.165, 1.54) is 6.08 Å². The van der Waals surface area contributed by atoms with Gasteiger partial charge < -0.3 is 0 Å². The van der Waals surface area contributed by atoms with E-state index >= 15 is 0 Å². The predicted molar refractivity (Wildman–Crippen MR) is 55.3 cm³/mol. The van der Waals surface area contributed by atoms with Crippen LogP contribution in [0.4, 0.5) is 0 Å². The standard InChI is InChI=1S/C11H11ClO/c1-3-4-11(13)9-6-5-8(2)10(12)7-9/h3-7H,1-2H3. The van der Waals surface area contributed by atoms with Crippen LogP contribution in [-0.2, 0) is 0 Å². The van der Waals surface area contributed by atoms with Gasteiger partial charge in [0.25, 0.3) is 0 Å². The summed E-state index contributed by atoms with van der Waals surface area (Å²) in [6.45, 7) is 3.72. The highest BCUT2D eigenvalue weighted by atomic mass is 35.5. The summed E-state index contributed by atoms with van der Waals surface area (Å²) >= 11 is 5.88. The van der Waals surface area contributed by atoms with Gasteiger partial charge in [0, 0.05) is 10.6 Å². The second kappa shape index (κ2) is 4.24. The molecule has 1 aromatic carbocycles. The molecule has 0 amide bonds. The lowest BCUT2D eigenvalue weighted by molar-refractivity contribution is 0.104. The minimum atomic E-state index is -0.00981. The normalized spacial score (nSPS) is 10.7. The first-order valence-corrected chi connectivity index (χ1v) is 4.46. The predicted octanol–water partition coefficient (Wildman–Crippen LogP) is 3.41. The molecule has 1 rings (SSSR count). The molecule has 0 aromatic heterocycles. The minimum absolute atomic E-state index is 0.00981. The van der Waals surface area contributed by atoms with E-state index in [-0.39, 0.29) is 5.78 Å². The van der Waals surface area contributed by atoms with Crippen molar-refractivity contribution in [3.05, 3.63) is 46.5 Å². The average Bonchev–Trinajstić information content (AvgIpc) is 2.10. The highest BCUT2D eigenvalue weighted by molar-refractivity contribution is 6.31. The second-order valence-electron chi connectivity index (χ2n) is 2.83. The van der Waals surface area contributed by atoms with Crippen LogP contribution in [0, 0.1) is 6.92 Å². The van der Waals surface area contributed by atoms with Crippen molar-refractivity contribution in [2.75, 3.05) is 0 Å². The summed E-state index contributed by atoms with van der Waals surface area (Å²) in [6.07, 6.45) is 3.25. The lowest BCUT2D eigenvalue weighted by Crippen LogP contribution is -1.94. The van der Waals surface area contributed by atoms with E-state index in [1.807, 2.05) is 19.9 Å². The van der Waals surface area contributed by atoms with Crippen molar-refractivity contribution < 1.29 is 4.79 Å². The molecule has 0 aliphatic heterocycles. The van der Waals surface area contributed by atoms with Gasteiger partial charge in [-0.25, -0.2) is 0 Å². The molecule has 0 saturated carbocycles. The Bertz CT molecular complexity index is 353. The summed E-state index contributed by atoms with van der Waals surface area (Å²) in [5.41, 5.74) is 1.62. The quantitative estimate of drug-likeness (QED) is 0.521. The Labute approximate surface area is 83.0 Å². The summed E-state index contributed by atoms with van der Waals surface area (Å²) in [4.78, 5) is 11.4. The van der Waals surface area contributed by atoms with Gasteiger partial charge in [-0.2, -0.15) is 0 Å². The van der Waals surface area contributed by atoms with E-state index in [0.717, 1.165) is 5.56 Å². The first-order chi connectivity index (χ1) is 6.15. The molecule has 0 heterocycles. The Balaban J connectivity index is 3.04. The molecule has 0 N–H and O–H groups in total. The van der Waals surface area contributed by atoms with Crippen molar-refractivity contribution in [1.29, 1.82) is 0 Å². The number of hydrogen-bond donors (Lipinski definition) is 0. The van der Waals surface area contributed by atoms with Gasteiger partial charge in [0.15, 0.2) is 5.78 Å². The van der Waals surface area contributed by atoms with Gasteiger partial charge >= 0.3 is 0 Å². The lowest BCUT2D eigenvalue weighted by Gasteiger charge is -1.99. The lowest BCUT2D eigenvalue weighted by atomic mass is 10.1. The number of benzene rings is 1. The largest absolute Gasteiger partial charge is 0.289 e. The molecule has 13 heavy (non-hydrogen) atoms. The van der Waals surface area contributed by atoms with Crippen LogP contribution >= 0.6 is 11.6 Å². The third kappa shape index (κ3) is 2.43. The van der Waals surface area contributed by atoms with Crippen LogP contribution < -0.4 is 0 Å². The van der Waals surface area contributed by atoms with Crippen LogP contribution in [0.5, 0.6) is 0 Å². The maximum atomic E-state index is 11.4. The fourth-order valence-electron chi connectivity index (χ4n) is 0.994. The third-order valence-corrected chi connectivity index (χ3v) is 2.18. The van der Waals surface area contributed by atoms with Crippen molar-refractivity contribution in [3.8, 4) is 0 Å². The summed E-state index contributed by atoms with van der Waals surface area (Å²) in [6, 6.07) is 5.32. The Morgan fingerprint density at radius 1 is 1.46 bits per heavy atom. The number of carbonyl (C=O) groups is 1. The van der Waals surface area contributed by atoms with Crippen LogP contribution in [0.1, 0.15) is 22.8 Å². The molecule has 1 aromatic rings. The first-order valence-electron chi connectivity index (χ1n) is 4.08. The SMILES string of the molecule is CC=CC(=O)c1ccc(C)c(Cl)c1. The molecule has 0 spiro atoms. The van der Waals surface area contributed by atoms with Crippen molar-refractivity contribution in [1.82, 2.24) is 0 Å². The smallest absolute Gasteiger partial charge is 0.185 e. The average molecular weight is 195 g/mol. The number of ketones is 1. The van der Waals surface area contributed by atoms with Gasteiger partial charge in [-0.3, -0.25) is 4.79 Å². The molecule has 0 aliphatic carbocycles. The van der Waals surface area contributed by atoms with Crippen molar-refractivity contribution in [2.24, 2.45) is 0 Å². The van der Waals surface area contributed by atoms with Crippen LogP contribution in [-0.4, -0.2) is 5.78 Å². The van der Waals surface area contributed by atoms with Gasteiger partial charge in [0.2, 0.25) is 0 Å². The van der Waals surface area contributed by atoms with Crippen molar-refractivity contribution in [2.45, 2.75) is 13.8 Å². The molecule has 0 unspecified atom stereocenters. The Kier molecular flexibility index (Phi) is 3.26. The summed E-state index contributed by atoms with van der Waals surface area (Å²) in [7, 11) is 0. The number of aryl methyl sites for hydroxylation is 1. The number of rotatable bonds is 2. The highest BCUT2D eigenvalue weighted by Gasteiger charge is 2.02. The fourth-order valence-corrected chi connectivity index (χ4v) is 1.17. The molecular formula is C11H11ClO. The number of hydrogen-bond acceptors (Lipinski definition) is 1. The molecule has 0 atom stereocenters. The molecule has 68 valence electrons. The maximum absolute atomic E-state index is 11.4. The topological polar surface area (TPSA) is 17.1 Å². The zero-order valence-electron chi connectivity index (χ0n) is 7.67. The van der Waals surface area contributed by atoms with Crippen molar-refractivity contribution in [3.63, 3.8) is 0 Å². The number of halogens is 1. The molecule has 0 aliphatic rings. The van der Waals surface area contributed by atoms with E-state index in [2.05, 4.69) is 0 Å². The zero-order valence-corrected chi connectivity index (χ0v) is 8.43. The Morgan fingerprint density at radius 2 is 2.15 bits per heavy atom. The van der Waals surface area contributed by atoms with Crippen molar-refractivity contribution >= 4 is 17.4 Å². The van der Waals surface area contributed by atoms with E-state index in [4.69, 9.17) is 11.6 Å². The molecule has 0 radical (unpaired) electrons. The monoisotopic (exact) mass is 194 g/mol. The Hall–Kier alpha value is -1.08. The summed E-state index contributed by atoms with van der Waals surface area (Å²) < 4.78 is 0. The molecular weight excluding hydrogens is 184 g/mol. The van der Waals surface area contributed by atoms with E-state index in [1.54, 1.807) is 18.2 Å².